The highest BCUT2D eigenvalue weighted by atomic mass is 16.5. The molecule has 0 aliphatic rings. The summed E-state index contributed by atoms with van der Waals surface area (Å²) in [7, 11) is 0. The summed E-state index contributed by atoms with van der Waals surface area (Å²) in [4.78, 5) is 60.5. The number of carbonyl (C=O) groups is 5. The first-order chi connectivity index (χ1) is 26.1. The van der Waals surface area contributed by atoms with E-state index in [2.05, 4.69) is 13.2 Å². The Morgan fingerprint density at radius 1 is 0.500 bits per heavy atom. The SMILES string of the molecule is C=CC(=O)OCCCCOC(=O)c1ccc(-c2ccc(OC(=O)c3cc(C)c(OC(=O)c4ccc(OCCCCOC(=O)C=C)cc4)c(C)c3)cc2)cc1. The van der Waals surface area contributed by atoms with Crippen molar-refractivity contribution in [3.8, 4) is 28.4 Å². The van der Waals surface area contributed by atoms with Crippen LogP contribution in [0, 0.1) is 13.8 Å². The fraction of sp³-hybridized carbons (Fsp3) is 0.233. The number of hydrogen-bond acceptors (Lipinski definition) is 11. The van der Waals surface area contributed by atoms with E-state index in [9.17, 15) is 24.0 Å². The molecule has 11 heteroatoms. The van der Waals surface area contributed by atoms with E-state index < -0.39 is 29.8 Å². The van der Waals surface area contributed by atoms with Crippen molar-refractivity contribution in [2.45, 2.75) is 39.5 Å². The van der Waals surface area contributed by atoms with Crippen molar-refractivity contribution < 1.29 is 52.4 Å². The number of hydrogen-bond donors (Lipinski definition) is 0. The Morgan fingerprint density at radius 3 is 1.46 bits per heavy atom. The van der Waals surface area contributed by atoms with Gasteiger partial charge in [-0.15, -0.1) is 0 Å². The lowest BCUT2D eigenvalue weighted by atomic mass is 10.0. The second-order valence-electron chi connectivity index (χ2n) is 12.0. The molecule has 54 heavy (non-hydrogen) atoms. The number of aryl methyl sites for hydroxylation is 2. The van der Waals surface area contributed by atoms with Gasteiger partial charge in [-0.1, -0.05) is 37.4 Å². The Hall–Kier alpha value is -6.49. The number of ether oxygens (including phenoxy) is 6. The van der Waals surface area contributed by atoms with Crippen LogP contribution in [0.25, 0.3) is 11.1 Å². The van der Waals surface area contributed by atoms with Gasteiger partial charge in [0.2, 0.25) is 0 Å². The van der Waals surface area contributed by atoms with E-state index >= 15 is 0 Å². The molecule has 0 atom stereocenters. The van der Waals surface area contributed by atoms with E-state index in [4.69, 9.17) is 28.4 Å². The summed E-state index contributed by atoms with van der Waals surface area (Å²) in [5.74, 6) is -1.23. The molecule has 4 rings (SSSR count). The van der Waals surface area contributed by atoms with Crippen LogP contribution in [0.2, 0.25) is 0 Å². The van der Waals surface area contributed by atoms with Crippen molar-refractivity contribution in [3.05, 3.63) is 138 Å². The third-order valence-corrected chi connectivity index (χ3v) is 7.90. The van der Waals surface area contributed by atoms with Crippen molar-refractivity contribution in [2.75, 3.05) is 26.4 Å². The van der Waals surface area contributed by atoms with Gasteiger partial charge in [-0.05, 0) is 122 Å². The second kappa shape index (κ2) is 20.5. The fourth-order valence-corrected chi connectivity index (χ4v) is 5.06. The van der Waals surface area contributed by atoms with Crippen LogP contribution >= 0.6 is 0 Å². The molecule has 0 saturated carbocycles. The van der Waals surface area contributed by atoms with E-state index in [0.717, 1.165) is 23.3 Å². The van der Waals surface area contributed by atoms with Crippen molar-refractivity contribution in [3.63, 3.8) is 0 Å². The molecule has 11 nitrogen and oxygen atoms in total. The van der Waals surface area contributed by atoms with Crippen LogP contribution in [0.3, 0.4) is 0 Å². The largest absolute Gasteiger partial charge is 0.494 e. The van der Waals surface area contributed by atoms with Crippen LogP contribution in [-0.2, 0) is 23.8 Å². The summed E-state index contributed by atoms with van der Waals surface area (Å²) in [6, 6.07) is 23.7. The third-order valence-electron chi connectivity index (χ3n) is 7.90. The van der Waals surface area contributed by atoms with E-state index in [1.54, 1.807) is 98.8 Å². The maximum atomic E-state index is 13.1. The molecule has 0 aromatic heterocycles. The van der Waals surface area contributed by atoms with Crippen molar-refractivity contribution in [1.82, 2.24) is 0 Å². The van der Waals surface area contributed by atoms with Gasteiger partial charge in [0.1, 0.15) is 17.2 Å². The van der Waals surface area contributed by atoms with E-state index in [1.165, 1.54) is 0 Å². The van der Waals surface area contributed by atoms with E-state index in [1.807, 2.05) is 0 Å². The monoisotopic (exact) mass is 734 g/mol. The topological polar surface area (TPSA) is 141 Å². The quantitative estimate of drug-likeness (QED) is 0.0305. The number of esters is 5. The van der Waals surface area contributed by atoms with Crippen molar-refractivity contribution in [2.24, 2.45) is 0 Å². The minimum absolute atomic E-state index is 0.207. The first-order valence-electron chi connectivity index (χ1n) is 17.3. The number of unbranched alkanes of at least 4 members (excludes halogenated alkanes) is 2. The lowest BCUT2D eigenvalue weighted by Gasteiger charge is -2.13. The van der Waals surface area contributed by atoms with Gasteiger partial charge in [0.15, 0.2) is 0 Å². The lowest BCUT2D eigenvalue weighted by molar-refractivity contribution is -0.138. The minimum Gasteiger partial charge on any atom is -0.494 e. The van der Waals surface area contributed by atoms with Gasteiger partial charge in [-0.3, -0.25) is 0 Å². The molecule has 0 aliphatic carbocycles. The molecule has 280 valence electrons. The zero-order valence-electron chi connectivity index (χ0n) is 30.3. The summed E-state index contributed by atoms with van der Waals surface area (Å²) in [6.07, 6.45) is 4.67. The first kappa shape index (κ1) is 40.3. The summed E-state index contributed by atoms with van der Waals surface area (Å²) in [5, 5.41) is 0. The Labute approximate surface area is 314 Å². The first-order valence-corrected chi connectivity index (χ1v) is 17.3. The molecule has 4 aromatic carbocycles. The molecule has 0 N–H and O–H groups in total. The Bertz CT molecular complexity index is 1920. The van der Waals surface area contributed by atoms with Crippen LogP contribution in [0.4, 0.5) is 0 Å². The zero-order chi connectivity index (χ0) is 38.9. The molecule has 0 heterocycles. The molecule has 0 saturated heterocycles. The average molecular weight is 735 g/mol. The Kier molecular flexibility index (Phi) is 15.3. The van der Waals surface area contributed by atoms with Gasteiger partial charge in [0.05, 0.1) is 43.1 Å². The fourth-order valence-electron chi connectivity index (χ4n) is 5.06. The third kappa shape index (κ3) is 12.3. The highest BCUT2D eigenvalue weighted by Crippen LogP contribution is 2.28. The normalized spacial score (nSPS) is 10.4. The standard InChI is InChI=1S/C43H42O11/c1-5-38(44)50-24-8-7-23-49-36-19-17-34(18-20-36)42(47)54-40-29(3)27-35(28-30(40)4)43(48)53-37-21-15-32(16-22-37)31-11-13-33(14-12-31)41(46)52-26-10-9-25-51-39(45)6-2/h5-6,11-22,27-28H,1-2,7-10,23-26H2,3-4H3. The van der Waals surface area contributed by atoms with E-state index in [-0.39, 0.29) is 19.8 Å². The molecule has 0 aliphatic heterocycles. The minimum atomic E-state index is -0.569. The van der Waals surface area contributed by atoms with Crippen LogP contribution in [0.5, 0.6) is 17.2 Å². The van der Waals surface area contributed by atoms with Gasteiger partial charge in [-0.2, -0.15) is 0 Å². The smallest absolute Gasteiger partial charge is 0.343 e. The average Bonchev–Trinajstić information content (AvgIpc) is 3.18. The molecule has 0 fully saturated rings. The van der Waals surface area contributed by atoms with Crippen molar-refractivity contribution >= 4 is 29.8 Å². The summed E-state index contributed by atoms with van der Waals surface area (Å²) in [5.41, 5.74) is 3.91. The maximum Gasteiger partial charge on any atom is 0.343 e. The maximum absolute atomic E-state index is 13.1. The predicted octanol–water partition coefficient (Wildman–Crippen LogP) is 7.96. The van der Waals surface area contributed by atoms with Gasteiger partial charge in [0.25, 0.3) is 0 Å². The predicted molar refractivity (Wildman–Crippen MR) is 201 cm³/mol. The molecular weight excluding hydrogens is 692 g/mol. The molecule has 0 bridgehead atoms. The summed E-state index contributed by atoms with van der Waals surface area (Å²) >= 11 is 0. The van der Waals surface area contributed by atoms with E-state index in [0.29, 0.717) is 77.4 Å². The van der Waals surface area contributed by atoms with Crippen molar-refractivity contribution in [1.29, 1.82) is 0 Å². The molecular formula is C43H42O11. The van der Waals surface area contributed by atoms with Gasteiger partial charge < -0.3 is 28.4 Å². The van der Waals surface area contributed by atoms with Gasteiger partial charge in [0, 0.05) is 12.2 Å². The van der Waals surface area contributed by atoms with Gasteiger partial charge >= 0.3 is 29.8 Å². The van der Waals surface area contributed by atoms with Crippen LogP contribution in [0.15, 0.2) is 110 Å². The number of benzene rings is 4. The van der Waals surface area contributed by atoms with Crippen LogP contribution in [0.1, 0.15) is 67.9 Å². The highest BCUT2D eigenvalue weighted by Gasteiger charge is 2.18. The Morgan fingerprint density at radius 2 is 0.926 bits per heavy atom. The molecule has 0 amide bonds. The van der Waals surface area contributed by atoms with Crippen LogP contribution < -0.4 is 14.2 Å². The number of carbonyl (C=O) groups excluding carboxylic acids is 5. The summed E-state index contributed by atoms with van der Waals surface area (Å²) < 4.78 is 32.1. The van der Waals surface area contributed by atoms with Crippen LogP contribution in [-0.4, -0.2) is 56.3 Å². The Balaban J connectivity index is 1.25. The van der Waals surface area contributed by atoms with Gasteiger partial charge in [-0.25, -0.2) is 24.0 Å². The highest BCUT2D eigenvalue weighted by molar-refractivity contribution is 5.94. The molecule has 0 unspecified atom stereocenters. The molecule has 4 aromatic rings. The molecule has 0 radical (unpaired) electrons. The lowest BCUT2D eigenvalue weighted by Crippen LogP contribution is -2.13. The second-order valence-corrected chi connectivity index (χ2v) is 12.0. The summed E-state index contributed by atoms with van der Waals surface area (Å²) in [6.45, 7) is 11.3. The molecule has 0 spiro atoms. The number of rotatable bonds is 19. The zero-order valence-corrected chi connectivity index (χ0v) is 30.3.